The van der Waals surface area contributed by atoms with E-state index in [0.29, 0.717) is 5.92 Å². The van der Waals surface area contributed by atoms with Crippen molar-refractivity contribution < 1.29 is 0 Å². The summed E-state index contributed by atoms with van der Waals surface area (Å²) in [6, 6.07) is 4.44. The molecule has 112 valence electrons. The monoisotopic (exact) mass is 283 g/mol. The highest BCUT2D eigenvalue weighted by Crippen LogP contribution is 2.43. The molecular formula is C18H25N3. The van der Waals surface area contributed by atoms with Crippen LogP contribution in [0.1, 0.15) is 54.6 Å². The minimum Gasteiger partial charge on any atom is -0.383 e. The Morgan fingerprint density at radius 2 is 1.81 bits per heavy atom. The van der Waals surface area contributed by atoms with Gasteiger partial charge in [-0.25, -0.2) is 4.98 Å². The van der Waals surface area contributed by atoms with Crippen molar-refractivity contribution in [2.75, 3.05) is 5.73 Å². The summed E-state index contributed by atoms with van der Waals surface area (Å²) in [5.74, 6) is 2.66. The van der Waals surface area contributed by atoms with Gasteiger partial charge in [0.15, 0.2) is 0 Å². The molecule has 1 aromatic carbocycles. The van der Waals surface area contributed by atoms with Crippen molar-refractivity contribution in [2.45, 2.75) is 59.4 Å². The molecule has 1 aliphatic rings. The molecule has 0 spiro atoms. The summed E-state index contributed by atoms with van der Waals surface area (Å²) in [4.78, 5) is 4.95. The van der Waals surface area contributed by atoms with Crippen LogP contribution in [0, 0.1) is 20.8 Å². The highest BCUT2D eigenvalue weighted by molar-refractivity contribution is 5.77. The predicted molar refractivity (Wildman–Crippen MR) is 88.6 cm³/mol. The smallest absolute Gasteiger partial charge is 0.131 e. The van der Waals surface area contributed by atoms with Crippen molar-refractivity contribution in [3.8, 4) is 11.3 Å². The third kappa shape index (κ3) is 2.45. The van der Waals surface area contributed by atoms with E-state index < -0.39 is 0 Å². The second-order valence-electron chi connectivity index (χ2n) is 6.40. The Labute approximate surface area is 127 Å². The van der Waals surface area contributed by atoms with E-state index in [0.717, 1.165) is 24.5 Å². The Kier molecular flexibility index (Phi) is 3.52. The number of rotatable bonds is 4. The molecule has 2 aromatic rings. The first-order chi connectivity index (χ1) is 10.0. The lowest BCUT2D eigenvalue weighted by Crippen LogP contribution is -2.06. The molecule has 3 rings (SSSR count). The van der Waals surface area contributed by atoms with Crippen molar-refractivity contribution >= 4 is 5.82 Å². The van der Waals surface area contributed by atoms with Crippen molar-refractivity contribution in [1.29, 1.82) is 0 Å². The summed E-state index contributed by atoms with van der Waals surface area (Å²) < 4.78 is 2.24. The van der Waals surface area contributed by atoms with E-state index in [1.165, 1.54) is 40.9 Å². The fourth-order valence-corrected chi connectivity index (χ4v) is 3.33. The molecule has 1 aliphatic carbocycles. The molecular weight excluding hydrogens is 258 g/mol. The molecule has 3 nitrogen and oxygen atoms in total. The first-order valence-electron chi connectivity index (χ1n) is 7.97. The second kappa shape index (κ2) is 5.21. The largest absolute Gasteiger partial charge is 0.383 e. The fourth-order valence-electron chi connectivity index (χ4n) is 3.33. The van der Waals surface area contributed by atoms with Crippen molar-refractivity contribution in [3.05, 3.63) is 34.6 Å². The van der Waals surface area contributed by atoms with E-state index in [9.17, 15) is 0 Å². The van der Waals surface area contributed by atoms with Gasteiger partial charge < -0.3 is 10.3 Å². The number of benzene rings is 1. The number of anilines is 1. The van der Waals surface area contributed by atoms with Crippen LogP contribution in [0.25, 0.3) is 11.3 Å². The van der Waals surface area contributed by atoms with Gasteiger partial charge in [-0.1, -0.05) is 24.6 Å². The molecule has 3 heteroatoms. The van der Waals surface area contributed by atoms with Crippen LogP contribution in [-0.4, -0.2) is 9.55 Å². The van der Waals surface area contributed by atoms with Crippen molar-refractivity contribution in [2.24, 2.45) is 0 Å². The summed E-state index contributed by atoms with van der Waals surface area (Å²) in [5.41, 5.74) is 12.5. The molecule has 1 heterocycles. The van der Waals surface area contributed by atoms with Crippen LogP contribution in [0.15, 0.2) is 12.1 Å². The van der Waals surface area contributed by atoms with E-state index >= 15 is 0 Å². The lowest BCUT2D eigenvalue weighted by atomic mass is 9.97. The summed E-state index contributed by atoms with van der Waals surface area (Å²) in [6.45, 7) is 9.61. The van der Waals surface area contributed by atoms with Crippen molar-refractivity contribution in [3.63, 3.8) is 0 Å². The third-order valence-electron chi connectivity index (χ3n) is 4.34. The van der Waals surface area contributed by atoms with Crippen LogP contribution in [0.3, 0.4) is 0 Å². The number of nitrogen functional groups attached to an aromatic ring is 1. The van der Waals surface area contributed by atoms with Gasteiger partial charge >= 0.3 is 0 Å². The molecule has 2 N–H and O–H groups in total. The summed E-state index contributed by atoms with van der Waals surface area (Å²) in [5, 5.41) is 0. The van der Waals surface area contributed by atoms with Crippen LogP contribution in [0.4, 0.5) is 5.82 Å². The van der Waals surface area contributed by atoms with Crippen LogP contribution >= 0.6 is 0 Å². The topological polar surface area (TPSA) is 43.8 Å². The highest BCUT2D eigenvalue weighted by Gasteiger charge is 2.31. The van der Waals surface area contributed by atoms with Crippen LogP contribution in [-0.2, 0) is 6.54 Å². The number of nitrogens with two attached hydrogens (primary N) is 1. The summed E-state index contributed by atoms with van der Waals surface area (Å²) in [7, 11) is 0. The van der Waals surface area contributed by atoms with Gasteiger partial charge in [0, 0.05) is 18.0 Å². The van der Waals surface area contributed by atoms with E-state index in [-0.39, 0.29) is 0 Å². The maximum absolute atomic E-state index is 6.46. The Morgan fingerprint density at radius 3 is 2.33 bits per heavy atom. The quantitative estimate of drug-likeness (QED) is 0.906. The first kappa shape index (κ1) is 14.2. The fraction of sp³-hybridized carbons (Fsp3) is 0.500. The van der Waals surface area contributed by atoms with Gasteiger partial charge in [0.2, 0.25) is 0 Å². The standard InChI is InChI=1S/C18H25N3/c1-5-8-21-17(19)16(20-18(21)14-6-7-14)15-12(3)9-11(2)10-13(15)4/h9-10,14H,5-8,19H2,1-4H3. The molecule has 0 saturated heterocycles. The number of imidazole rings is 1. The molecule has 1 aromatic heterocycles. The van der Waals surface area contributed by atoms with E-state index in [4.69, 9.17) is 10.7 Å². The minimum atomic E-state index is 0.624. The zero-order valence-corrected chi connectivity index (χ0v) is 13.5. The van der Waals surface area contributed by atoms with Gasteiger partial charge in [0.1, 0.15) is 17.3 Å². The maximum atomic E-state index is 6.46. The molecule has 0 radical (unpaired) electrons. The molecule has 0 atom stereocenters. The number of aryl methyl sites for hydroxylation is 3. The second-order valence-corrected chi connectivity index (χ2v) is 6.40. The molecule has 1 saturated carbocycles. The van der Waals surface area contributed by atoms with Gasteiger partial charge in [-0.15, -0.1) is 0 Å². The molecule has 21 heavy (non-hydrogen) atoms. The first-order valence-corrected chi connectivity index (χ1v) is 7.97. The Morgan fingerprint density at radius 1 is 1.19 bits per heavy atom. The van der Waals surface area contributed by atoms with Crippen molar-refractivity contribution in [1.82, 2.24) is 9.55 Å². The Balaban J connectivity index is 2.17. The average molecular weight is 283 g/mol. The number of nitrogens with zero attached hydrogens (tertiary/aromatic N) is 2. The van der Waals surface area contributed by atoms with E-state index in [2.05, 4.69) is 44.4 Å². The zero-order chi connectivity index (χ0) is 15.1. The molecule has 1 fully saturated rings. The summed E-state index contributed by atoms with van der Waals surface area (Å²) >= 11 is 0. The summed E-state index contributed by atoms with van der Waals surface area (Å²) in [6.07, 6.45) is 3.60. The van der Waals surface area contributed by atoms with Gasteiger partial charge in [0.25, 0.3) is 0 Å². The number of hydrogen-bond acceptors (Lipinski definition) is 2. The van der Waals surface area contributed by atoms with Gasteiger partial charge in [0.05, 0.1) is 0 Å². The minimum absolute atomic E-state index is 0.624. The Hall–Kier alpha value is -1.77. The molecule has 0 aliphatic heterocycles. The Bertz CT molecular complexity index is 655. The van der Waals surface area contributed by atoms with E-state index in [1.54, 1.807) is 0 Å². The van der Waals surface area contributed by atoms with Gasteiger partial charge in [-0.3, -0.25) is 0 Å². The number of hydrogen-bond donors (Lipinski definition) is 1. The third-order valence-corrected chi connectivity index (χ3v) is 4.34. The predicted octanol–water partition coefficient (Wildman–Crippen LogP) is 4.34. The average Bonchev–Trinajstić information content (AvgIpc) is 3.19. The van der Waals surface area contributed by atoms with Crippen LogP contribution < -0.4 is 5.73 Å². The normalized spacial score (nSPS) is 14.7. The molecule has 0 unspecified atom stereocenters. The zero-order valence-electron chi connectivity index (χ0n) is 13.5. The lowest BCUT2D eigenvalue weighted by Gasteiger charge is -2.11. The van der Waals surface area contributed by atoms with Gasteiger partial charge in [-0.05, 0) is 51.2 Å². The van der Waals surface area contributed by atoms with Crippen LogP contribution in [0.2, 0.25) is 0 Å². The van der Waals surface area contributed by atoms with Crippen LogP contribution in [0.5, 0.6) is 0 Å². The highest BCUT2D eigenvalue weighted by atomic mass is 15.1. The van der Waals surface area contributed by atoms with Gasteiger partial charge in [-0.2, -0.15) is 0 Å². The number of aromatic nitrogens is 2. The molecule has 0 amide bonds. The maximum Gasteiger partial charge on any atom is 0.131 e. The molecule has 0 bridgehead atoms. The SMILES string of the molecule is CCCn1c(C2CC2)nc(-c2c(C)cc(C)cc2C)c1N. The lowest BCUT2D eigenvalue weighted by molar-refractivity contribution is 0.646. The van der Waals surface area contributed by atoms with E-state index in [1.807, 2.05) is 0 Å².